The van der Waals surface area contributed by atoms with Crippen LogP contribution in [0.25, 0.3) is 10.8 Å². The average molecular weight is 363 g/mol. The van der Waals surface area contributed by atoms with Gasteiger partial charge in [0.2, 0.25) is 0 Å². The van der Waals surface area contributed by atoms with Gasteiger partial charge in [-0.1, -0.05) is 0 Å². The second-order valence-corrected chi connectivity index (χ2v) is 7.09. The summed E-state index contributed by atoms with van der Waals surface area (Å²) in [7, 11) is 1.66. The molecule has 1 fully saturated rings. The van der Waals surface area contributed by atoms with E-state index in [0.717, 1.165) is 59.5 Å². The fraction of sp³-hybridized carbons (Fsp3) is 0.318. The van der Waals surface area contributed by atoms with Crippen molar-refractivity contribution in [3.63, 3.8) is 0 Å². The smallest absolute Gasteiger partial charge is 0.130 e. The maximum absolute atomic E-state index is 6.19. The number of nitrogens with zero attached hydrogens (tertiary/aromatic N) is 1. The van der Waals surface area contributed by atoms with Crippen molar-refractivity contribution in [3.8, 4) is 11.5 Å². The number of pyridine rings is 1. The van der Waals surface area contributed by atoms with Gasteiger partial charge in [-0.3, -0.25) is 0 Å². The van der Waals surface area contributed by atoms with E-state index in [1.165, 1.54) is 0 Å². The molecule has 3 N–H and O–H groups in total. The number of rotatable bonds is 5. The Morgan fingerprint density at radius 3 is 2.41 bits per heavy atom. The van der Waals surface area contributed by atoms with Gasteiger partial charge in [0, 0.05) is 23.3 Å². The number of methoxy groups -OCH3 is 1. The summed E-state index contributed by atoms with van der Waals surface area (Å²) in [6, 6.07) is 16.3. The molecule has 0 spiro atoms. The second-order valence-electron chi connectivity index (χ2n) is 7.09. The molecular weight excluding hydrogens is 338 g/mol. The van der Waals surface area contributed by atoms with Crippen LogP contribution in [0, 0.1) is 0 Å². The van der Waals surface area contributed by atoms with Gasteiger partial charge in [-0.25, -0.2) is 4.98 Å². The summed E-state index contributed by atoms with van der Waals surface area (Å²) < 4.78 is 11.4. The van der Waals surface area contributed by atoms with Crippen LogP contribution in [0.1, 0.15) is 25.7 Å². The average Bonchev–Trinajstić information content (AvgIpc) is 2.70. The summed E-state index contributed by atoms with van der Waals surface area (Å²) in [6.45, 7) is 0. The minimum atomic E-state index is 0.265. The Labute approximate surface area is 159 Å². The molecule has 1 heterocycles. The van der Waals surface area contributed by atoms with Crippen molar-refractivity contribution < 1.29 is 9.47 Å². The molecule has 0 aliphatic heterocycles. The standard InChI is InChI=1S/C22H25N3O2/c1-26-19-10-5-18(6-11-19)25-22-13-16-12-21(7-2-15(16)14-24-22)27-20-8-3-17(23)4-9-20/h2,5-7,10-14,17,20H,3-4,8-9,23H2,1H3,(H,24,25). The predicted octanol–water partition coefficient (Wildman–Crippen LogP) is 4.64. The zero-order valence-electron chi connectivity index (χ0n) is 15.5. The maximum atomic E-state index is 6.19. The number of ether oxygens (including phenoxy) is 2. The van der Waals surface area contributed by atoms with Crippen LogP contribution in [-0.4, -0.2) is 24.2 Å². The van der Waals surface area contributed by atoms with Gasteiger partial charge in [-0.15, -0.1) is 0 Å². The van der Waals surface area contributed by atoms with Crippen molar-refractivity contribution in [1.82, 2.24) is 4.98 Å². The highest BCUT2D eigenvalue weighted by atomic mass is 16.5. The van der Waals surface area contributed by atoms with Gasteiger partial charge >= 0.3 is 0 Å². The highest BCUT2D eigenvalue weighted by Gasteiger charge is 2.19. The predicted molar refractivity (Wildman–Crippen MR) is 109 cm³/mol. The first kappa shape index (κ1) is 17.6. The van der Waals surface area contributed by atoms with E-state index in [2.05, 4.69) is 22.4 Å². The topological polar surface area (TPSA) is 69.4 Å². The zero-order chi connectivity index (χ0) is 18.6. The van der Waals surface area contributed by atoms with E-state index in [1.807, 2.05) is 42.6 Å². The largest absolute Gasteiger partial charge is 0.497 e. The molecule has 140 valence electrons. The van der Waals surface area contributed by atoms with E-state index in [4.69, 9.17) is 15.2 Å². The summed E-state index contributed by atoms with van der Waals surface area (Å²) >= 11 is 0. The Kier molecular flexibility index (Phi) is 5.12. The van der Waals surface area contributed by atoms with Crippen LogP contribution in [0.3, 0.4) is 0 Å². The SMILES string of the molecule is COc1ccc(Nc2cc3cc(OC4CCC(N)CC4)ccc3cn2)cc1. The highest BCUT2D eigenvalue weighted by Crippen LogP contribution is 2.28. The summed E-state index contributed by atoms with van der Waals surface area (Å²) in [5.74, 6) is 2.54. The van der Waals surface area contributed by atoms with Crippen LogP contribution < -0.4 is 20.5 Å². The molecule has 5 heteroatoms. The second kappa shape index (κ2) is 7.84. The fourth-order valence-corrected chi connectivity index (χ4v) is 3.48. The summed E-state index contributed by atoms with van der Waals surface area (Å²) in [5.41, 5.74) is 6.95. The Morgan fingerprint density at radius 2 is 1.67 bits per heavy atom. The first-order valence-electron chi connectivity index (χ1n) is 9.43. The lowest BCUT2D eigenvalue weighted by atomic mass is 9.94. The molecule has 27 heavy (non-hydrogen) atoms. The van der Waals surface area contributed by atoms with Crippen molar-refractivity contribution in [2.45, 2.75) is 37.8 Å². The highest BCUT2D eigenvalue weighted by molar-refractivity contribution is 5.85. The molecule has 5 nitrogen and oxygen atoms in total. The molecular formula is C22H25N3O2. The Balaban J connectivity index is 1.50. The summed E-state index contributed by atoms with van der Waals surface area (Å²) in [4.78, 5) is 4.50. The van der Waals surface area contributed by atoms with Crippen LogP contribution in [0.5, 0.6) is 11.5 Å². The van der Waals surface area contributed by atoms with E-state index in [1.54, 1.807) is 7.11 Å². The minimum Gasteiger partial charge on any atom is -0.497 e. The van der Waals surface area contributed by atoms with Crippen molar-refractivity contribution in [1.29, 1.82) is 0 Å². The lowest BCUT2D eigenvalue weighted by molar-refractivity contribution is 0.147. The summed E-state index contributed by atoms with van der Waals surface area (Å²) in [5, 5.41) is 5.53. The lowest BCUT2D eigenvalue weighted by Crippen LogP contribution is -2.31. The molecule has 1 aromatic heterocycles. The van der Waals surface area contributed by atoms with Gasteiger partial charge in [0.25, 0.3) is 0 Å². The first-order valence-corrected chi connectivity index (χ1v) is 9.43. The molecule has 0 saturated heterocycles. The molecule has 2 aromatic carbocycles. The van der Waals surface area contributed by atoms with Crippen LogP contribution in [0.15, 0.2) is 54.7 Å². The maximum Gasteiger partial charge on any atom is 0.130 e. The first-order chi connectivity index (χ1) is 13.2. The monoisotopic (exact) mass is 363 g/mol. The van der Waals surface area contributed by atoms with Crippen LogP contribution >= 0.6 is 0 Å². The zero-order valence-corrected chi connectivity index (χ0v) is 15.5. The van der Waals surface area contributed by atoms with Crippen LogP contribution in [-0.2, 0) is 0 Å². The molecule has 0 bridgehead atoms. The Morgan fingerprint density at radius 1 is 0.926 bits per heavy atom. The Bertz CT molecular complexity index is 903. The number of benzene rings is 2. The number of hydrogen-bond acceptors (Lipinski definition) is 5. The van der Waals surface area contributed by atoms with E-state index >= 15 is 0 Å². The Hall–Kier alpha value is -2.79. The third-order valence-electron chi connectivity index (χ3n) is 5.08. The van der Waals surface area contributed by atoms with Gasteiger partial charge in [-0.2, -0.15) is 0 Å². The van der Waals surface area contributed by atoms with Crippen molar-refractivity contribution >= 4 is 22.3 Å². The van der Waals surface area contributed by atoms with Gasteiger partial charge in [-0.05, 0) is 79.6 Å². The number of anilines is 2. The van der Waals surface area contributed by atoms with E-state index < -0.39 is 0 Å². The molecule has 0 radical (unpaired) electrons. The normalized spacial score (nSPS) is 19.6. The fourth-order valence-electron chi connectivity index (χ4n) is 3.48. The molecule has 0 unspecified atom stereocenters. The number of nitrogens with one attached hydrogen (secondary N) is 1. The molecule has 4 rings (SSSR count). The molecule has 1 aliphatic rings. The van der Waals surface area contributed by atoms with Crippen molar-refractivity contribution in [2.75, 3.05) is 12.4 Å². The van der Waals surface area contributed by atoms with E-state index in [-0.39, 0.29) is 6.10 Å². The molecule has 1 aliphatic carbocycles. The van der Waals surface area contributed by atoms with Crippen LogP contribution in [0.4, 0.5) is 11.5 Å². The van der Waals surface area contributed by atoms with E-state index in [0.29, 0.717) is 6.04 Å². The molecule has 0 atom stereocenters. The van der Waals surface area contributed by atoms with Gasteiger partial charge in [0.15, 0.2) is 0 Å². The number of hydrogen-bond donors (Lipinski definition) is 2. The molecule has 3 aromatic rings. The third kappa shape index (κ3) is 4.31. The van der Waals surface area contributed by atoms with Crippen molar-refractivity contribution in [2.24, 2.45) is 5.73 Å². The number of nitrogens with two attached hydrogens (primary N) is 1. The molecule has 1 saturated carbocycles. The number of aromatic nitrogens is 1. The van der Waals surface area contributed by atoms with Gasteiger partial charge in [0.1, 0.15) is 17.3 Å². The van der Waals surface area contributed by atoms with Crippen LogP contribution in [0.2, 0.25) is 0 Å². The quantitative estimate of drug-likeness (QED) is 0.691. The third-order valence-corrected chi connectivity index (χ3v) is 5.08. The minimum absolute atomic E-state index is 0.265. The summed E-state index contributed by atoms with van der Waals surface area (Å²) in [6.07, 6.45) is 6.28. The lowest BCUT2D eigenvalue weighted by Gasteiger charge is -2.26. The molecule has 0 amide bonds. The van der Waals surface area contributed by atoms with Gasteiger partial charge < -0.3 is 20.5 Å². The van der Waals surface area contributed by atoms with Gasteiger partial charge in [0.05, 0.1) is 13.2 Å². The van der Waals surface area contributed by atoms with Crippen molar-refractivity contribution in [3.05, 3.63) is 54.7 Å². The van der Waals surface area contributed by atoms with E-state index in [9.17, 15) is 0 Å². The number of fused-ring (bicyclic) bond motifs is 1.